The van der Waals surface area contributed by atoms with Crippen LogP contribution in [-0.4, -0.2) is 12.6 Å². The highest BCUT2D eigenvalue weighted by atomic mass is 32.1. The second kappa shape index (κ2) is 8.34. The van der Waals surface area contributed by atoms with Crippen LogP contribution in [0.3, 0.4) is 0 Å². The van der Waals surface area contributed by atoms with Crippen LogP contribution in [0.1, 0.15) is 86.7 Å². The number of thiophene rings is 1. The summed E-state index contributed by atoms with van der Waals surface area (Å²) in [5.41, 5.74) is 15.5. The number of rotatable bonds is 8. The zero-order chi connectivity index (χ0) is 37.3. The van der Waals surface area contributed by atoms with Crippen LogP contribution >= 0.6 is 11.3 Å². The molecular weight excluding hydrogens is 737 g/mol. The fourth-order valence-corrected chi connectivity index (χ4v) is 17.9. The lowest BCUT2D eigenvalue weighted by atomic mass is 9.72. The molecule has 1 aromatic heterocycles. The summed E-state index contributed by atoms with van der Waals surface area (Å²) >= 11 is 1.70. The molecule has 1 fully saturated rings. The first kappa shape index (κ1) is 28.6. The van der Waals surface area contributed by atoms with E-state index in [4.69, 9.17) is 4.74 Å². The number of hydrogen-bond acceptors (Lipinski definition) is 3. The van der Waals surface area contributed by atoms with Crippen molar-refractivity contribution in [1.29, 1.82) is 0 Å². The molecule has 2 nitrogen and oxygen atoms in total. The predicted octanol–water partition coefficient (Wildman–Crippen LogP) is 12.1. The van der Waals surface area contributed by atoms with Gasteiger partial charge >= 0.3 is 5.97 Å². The number of hydrogen-bond donors (Lipinski definition) is 0. The molecule has 0 amide bonds. The van der Waals surface area contributed by atoms with Gasteiger partial charge in [-0.05, 0) is 219 Å². The molecule has 274 valence electrons. The number of carbonyl (C=O) groups excluding carboxylic acids is 1. The molecule has 11 aromatic carbocycles. The van der Waals surface area contributed by atoms with E-state index < -0.39 is 0 Å². The van der Waals surface area contributed by atoms with E-state index in [1.54, 1.807) is 147 Å². The van der Waals surface area contributed by atoms with E-state index in [2.05, 4.69) is 77.5 Å². The predicted molar refractivity (Wildman–Crippen MR) is 241 cm³/mol. The highest BCUT2D eigenvalue weighted by molar-refractivity contribution is 7.08. The Bertz CT molecular complexity index is 4140. The van der Waals surface area contributed by atoms with Crippen LogP contribution < -0.4 is 5.22 Å². The standard InChI is InChI=1S/C56H32O2S/c57-32(58-11-8-22-9-12-59-21-22)7-4-10-55(30-5-2-1-3-6-30)54-31-19-28-17-25-15-26-14-23-13-24-16-27-18-29-20-56(54,55)53-39(29)44-38(27)43-34(24)33(23)41-37(26)42-35(25)36(28)45-40(31)52(53)51-49(44)47(43)46(41)48(42)50(45)51/h1-3,5-6,9,12,15-16,18-21,23,33,54H,4,7-8,10-11,13-14,17H2. The van der Waals surface area contributed by atoms with E-state index in [-0.39, 0.29) is 16.8 Å². The van der Waals surface area contributed by atoms with Crippen LogP contribution in [0.4, 0.5) is 0 Å². The van der Waals surface area contributed by atoms with E-state index >= 15 is 0 Å². The summed E-state index contributed by atoms with van der Waals surface area (Å²) in [5.74, 6) is 1.45. The van der Waals surface area contributed by atoms with Gasteiger partial charge in [-0.25, -0.2) is 0 Å². The molecule has 0 bridgehead atoms. The first-order valence-electron chi connectivity index (χ1n) is 22.2. The van der Waals surface area contributed by atoms with Crippen LogP contribution in [0, 0.1) is 5.92 Å². The minimum atomic E-state index is -0.165. The average Bonchev–Trinajstić information content (AvgIpc) is 4.03. The zero-order valence-corrected chi connectivity index (χ0v) is 32.9. The number of carbonyl (C=O) groups is 1. The van der Waals surface area contributed by atoms with Gasteiger partial charge in [0.2, 0.25) is 0 Å². The van der Waals surface area contributed by atoms with Crippen molar-refractivity contribution in [2.24, 2.45) is 5.92 Å². The van der Waals surface area contributed by atoms with Crippen LogP contribution in [0.15, 0.2) is 71.4 Å². The van der Waals surface area contributed by atoms with Crippen molar-refractivity contribution in [3.05, 3.63) is 132 Å². The molecule has 5 atom stereocenters. The molecular formula is C56H32O2S. The van der Waals surface area contributed by atoms with Crippen molar-refractivity contribution in [2.75, 3.05) is 6.61 Å². The summed E-state index contributed by atoms with van der Waals surface area (Å²) in [6.07, 6.45) is 9.28. The van der Waals surface area contributed by atoms with Crippen LogP contribution in [0.2, 0.25) is 0 Å². The lowest BCUT2D eigenvalue weighted by Gasteiger charge is -2.30. The molecule has 7 aliphatic rings. The highest BCUT2D eigenvalue weighted by Crippen LogP contribution is 2.84. The number of benzene rings is 8. The van der Waals surface area contributed by atoms with Gasteiger partial charge in [-0.3, -0.25) is 4.79 Å². The molecule has 1 saturated carbocycles. The van der Waals surface area contributed by atoms with Gasteiger partial charge in [0, 0.05) is 35.5 Å². The summed E-state index contributed by atoms with van der Waals surface area (Å²) in [6.45, 7) is 0.454. The fraction of sp³-hybridized carbons (Fsp3) is 0.232. The van der Waals surface area contributed by atoms with Gasteiger partial charge in [-0.15, -0.1) is 0 Å². The second-order valence-corrected chi connectivity index (χ2v) is 21.0. The normalized spacial score (nSPS) is 25.6. The summed E-state index contributed by atoms with van der Waals surface area (Å²) in [6, 6.07) is 24.4. The summed E-state index contributed by atoms with van der Waals surface area (Å²) < 4.78 is 5.89. The Balaban J connectivity index is 0.964. The van der Waals surface area contributed by atoms with Gasteiger partial charge in [0.15, 0.2) is 0 Å². The third-order valence-electron chi connectivity index (χ3n) is 18.4. The van der Waals surface area contributed by atoms with Gasteiger partial charge < -0.3 is 4.74 Å². The Morgan fingerprint density at radius 2 is 1.46 bits per heavy atom. The maximum Gasteiger partial charge on any atom is 0.305 e. The number of fused-ring (bicyclic) bond motifs is 1. The van der Waals surface area contributed by atoms with Crippen molar-refractivity contribution in [3.63, 3.8) is 0 Å². The first-order valence-corrected chi connectivity index (χ1v) is 23.1. The smallest absolute Gasteiger partial charge is 0.305 e. The second-order valence-electron chi connectivity index (χ2n) is 20.2. The van der Waals surface area contributed by atoms with E-state index in [1.807, 2.05) is 0 Å². The van der Waals surface area contributed by atoms with Gasteiger partial charge in [-0.2, -0.15) is 11.3 Å². The van der Waals surface area contributed by atoms with E-state index in [1.165, 1.54) is 34.6 Å². The minimum Gasteiger partial charge on any atom is -0.465 e. The summed E-state index contributed by atoms with van der Waals surface area (Å²) in [4.78, 5) is 13.5. The molecule has 19 rings (SSSR count). The molecule has 1 spiro atoms. The Morgan fingerprint density at radius 1 is 0.695 bits per heavy atom. The van der Waals surface area contributed by atoms with E-state index in [0.29, 0.717) is 30.8 Å². The van der Waals surface area contributed by atoms with Crippen molar-refractivity contribution >= 4 is 120 Å². The first-order chi connectivity index (χ1) is 29.2. The van der Waals surface area contributed by atoms with E-state index in [9.17, 15) is 4.79 Å². The monoisotopic (exact) mass is 768 g/mol. The maximum atomic E-state index is 13.5. The Morgan fingerprint density at radius 3 is 2.34 bits per heavy atom. The largest absolute Gasteiger partial charge is 0.465 e. The maximum absolute atomic E-state index is 13.5. The van der Waals surface area contributed by atoms with Crippen LogP contribution in [-0.2, 0) is 46.0 Å². The molecule has 0 radical (unpaired) electrons. The lowest BCUT2D eigenvalue weighted by molar-refractivity contribution is -0.143. The highest BCUT2D eigenvalue weighted by Gasteiger charge is 2.79. The summed E-state index contributed by atoms with van der Waals surface area (Å²) in [5, 5.41) is 34.6. The fourth-order valence-electron chi connectivity index (χ4n) is 17.2. The molecule has 3 heteroatoms. The molecule has 7 aliphatic carbocycles. The molecule has 0 saturated heterocycles. The minimum absolute atomic E-state index is 0.0588. The third-order valence-corrected chi connectivity index (χ3v) is 19.2. The zero-order valence-electron chi connectivity index (χ0n) is 32.1. The summed E-state index contributed by atoms with van der Waals surface area (Å²) in [7, 11) is 0. The van der Waals surface area contributed by atoms with Crippen LogP contribution in [0.5, 0.6) is 0 Å². The van der Waals surface area contributed by atoms with Crippen molar-refractivity contribution in [1.82, 2.24) is 0 Å². The molecule has 12 aromatic rings. The van der Waals surface area contributed by atoms with Crippen molar-refractivity contribution < 1.29 is 9.53 Å². The number of ether oxygens (including phenoxy) is 1. The topological polar surface area (TPSA) is 26.3 Å². The number of esters is 1. The molecule has 1 heterocycles. The molecule has 5 unspecified atom stereocenters. The van der Waals surface area contributed by atoms with Crippen LogP contribution in [0.25, 0.3) is 103 Å². The van der Waals surface area contributed by atoms with Gasteiger partial charge in [-0.1, -0.05) is 54.6 Å². The van der Waals surface area contributed by atoms with Gasteiger partial charge in [0.25, 0.3) is 0 Å². The average molecular weight is 769 g/mol. The van der Waals surface area contributed by atoms with Crippen molar-refractivity contribution in [2.45, 2.75) is 67.6 Å². The van der Waals surface area contributed by atoms with Gasteiger partial charge in [0.1, 0.15) is 0 Å². The quantitative estimate of drug-likeness (QED) is 0.114. The van der Waals surface area contributed by atoms with E-state index in [0.717, 1.165) is 25.7 Å². The van der Waals surface area contributed by atoms with Crippen molar-refractivity contribution in [3.8, 4) is 0 Å². The Labute approximate surface area is 340 Å². The lowest BCUT2D eigenvalue weighted by Crippen LogP contribution is -2.20. The third kappa shape index (κ3) is 2.49. The molecule has 0 N–H and O–H groups in total. The van der Waals surface area contributed by atoms with Gasteiger partial charge in [0.05, 0.1) is 6.61 Å². The molecule has 0 aliphatic heterocycles. The Hall–Kier alpha value is -5.77. The SMILES string of the molecule is O=C(CCCC1(c2ccccc2)C2c3cc4c5c6c(cc7c8c9c%10c%11c%12c%13c(cc%14cc%15c%16c(c%17c3c5c(c%10c86)c%17c%11c%16c%14%12)C21C=%15)CC(C7)C%139)C4)OCCc1ccsc1. The Kier molecular flexibility index (Phi) is 4.04. The molecule has 59 heavy (non-hydrogen) atoms.